The number of amides is 1. The van der Waals surface area contributed by atoms with Gasteiger partial charge in [-0.1, -0.05) is 72.8 Å². The van der Waals surface area contributed by atoms with Gasteiger partial charge in [-0.2, -0.15) is 5.26 Å². The van der Waals surface area contributed by atoms with Gasteiger partial charge in [0, 0.05) is 10.8 Å². The summed E-state index contributed by atoms with van der Waals surface area (Å²) in [6.07, 6.45) is 0. The van der Waals surface area contributed by atoms with Gasteiger partial charge >= 0.3 is 0 Å². The molecule has 0 aliphatic rings. The molecule has 3 rings (SSSR count). The molecule has 5 nitrogen and oxygen atoms in total. The summed E-state index contributed by atoms with van der Waals surface area (Å²) in [5.41, 5.74) is 2.65. The number of hydrogen-bond donors (Lipinski definition) is 1. The standard InChI is InChI=1S/C21H19ClN4OS2/c1-13(2)18(16-7-9-17(22)10-8-16)19(27)24-20-25-26-21(29-20)28-12-15-5-3-14(11-23)4-6-15/h3-10,13,18H,12H2,1-2H3,(H,24,25,27)/t18-/m1/s1. The third-order valence-electron chi connectivity index (χ3n) is 4.26. The largest absolute Gasteiger partial charge is 0.300 e. The third kappa shape index (κ3) is 5.80. The second kappa shape index (κ2) is 9.88. The molecule has 0 fully saturated rings. The van der Waals surface area contributed by atoms with Gasteiger partial charge in [0.1, 0.15) is 0 Å². The van der Waals surface area contributed by atoms with Gasteiger partial charge in [0.25, 0.3) is 0 Å². The minimum absolute atomic E-state index is 0.109. The average Bonchev–Trinajstić information content (AvgIpc) is 3.15. The summed E-state index contributed by atoms with van der Waals surface area (Å²) in [5.74, 6) is 0.426. The molecule has 1 atom stereocenters. The van der Waals surface area contributed by atoms with Crippen LogP contribution < -0.4 is 5.32 Å². The predicted octanol–water partition coefficient (Wildman–Crippen LogP) is 5.73. The van der Waals surface area contributed by atoms with Gasteiger partial charge in [-0.05, 0) is 41.3 Å². The fraction of sp³-hybridized carbons (Fsp3) is 0.238. The van der Waals surface area contributed by atoms with E-state index in [1.165, 1.54) is 11.3 Å². The summed E-state index contributed by atoms with van der Waals surface area (Å²) in [6.45, 7) is 4.02. The highest BCUT2D eigenvalue weighted by Gasteiger charge is 2.25. The number of nitrogens with zero attached hydrogens (tertiary/aromatic N) is 3. The SMILES string of the molecule is CC(C)[C@@H](C(=O)Nc1nnc(SCc2ccc(C#N)cc2)s1)c1ccc(Cl)cc1. The topological polar surface area (TPSA) is 78.7 Å². The zero-order valence-corrected chi connectivity index (χ0v) is 18.3. The number of aromatic nitrogens is 2. The molecular formula is C21H19ClN4OS2. The van der Waals surface area contributed by atoms with E-state index >= 15 is 0 Å². The molecule has 1 heterocycles. The Labute approximate surface area is 183 Å². The van der Waals surface area contributed by atoms with Crippen molar-refractivity contribution in [2.75, 3.05) is 5.32 Å². The van der Waals surface area contributed by atoms with Crippen LogP contribution in [0, 0.1) is 17.2 Å². The van der Waals surface area contributed by atoms with Crippen molar-refractivity contribution in [2.24, 2.45) is 5.92 Å². The Hall–Kier alpha value is -2.40. The Balaban J connectivity index is 1.62. The smallest absolute Gasteiger partial charge is 0.234 e. The number of nitriles is 1. The van der Waals surface area contributed by atoms with Crippen molar-refractivity contribution < 1.29 is 4.79 Å². The van der Waals surface area contributed by atoms with Gasteiger partial charge in [-0.15, -0.1) is 10.2 Å². The highest BCUT2D eigenvalue weighted by atomic mass is 35.5. The zero-order valence-electron chi connectivity index (χ0n) is 15.9. The number of thioether (sulfide) groups is 1. The lowest BCUT2D eigenvalue weighted by atomic mass is 9.88. The van der Waals surface area contributed by atoms with Gasteiger partial charge in [-0.25, -0.2) is 0 Å². The first-order valence-corrected chi connectivity index (χ1v) is 11.2. The van der Waals surface area contributed by atoms with Crippen molar-refractivity contribution in [2.45, 2.75) is 29.9 Å². The number of benzene rings is 2. The molecule has 0 unspecified atom stereocenters. The maximum atomic E-state index is 12.9. The first-order valence-electron chi connectivity index (χ1n) is 8.98. The van der Waals surface area contributed by atoms with Crippen LogP contribution in [0.4, 0.5) is 5.13 Å². The lowest BCUT2D eigenvalue weighted by Gasteiger charge is -2.20. The van der Waals surface area contributed by atoms with Crippen LogP contribution in [0.25, 0.3) is 0 Å². The molecule has 0 spiro atoms. The number of hydrogen-bond acceptors (Lipinski definition) is 6. The monoisotopic (exact) mass is 442 g/mol. The highest BCUT2D eigenvalue weighted by molar-refractivity contribution is 8.00. The van der Waals surface area contributed by atoms with Crippen molar-refractivity contribution in [1.82, 2.24) is 10.2 Å². The molecule has 1 amide bonds. The fourth-order valence-corrected chi connectivity index (χ4v) is 4.67. The van der Waals surface area contributed by atoms with Gasteiger partial charge in [0.2, 0.25) is 11.0 Å². The van der Waals surface area contributed by atoms with E-state index in [-0.39, 0.29) is 17.7 Å². The first kappa shape index (κ1) is 21.3. The first-order chi connectivity index (χ1) is 14.0. The van der Waals surface area contributed by atoms with Gasteiger partial charge in [-0.3, -0.25) is 10.1 Å². The van der Waals surface area contributed by atoms with Crippen molar-refractivity contribution >= 4 is 45.7 Å². The molecule has 0 saturated carbocycles. The molecule has 8 heteroatoms. The van der Waals surface area contributed by atoms with E-state index < -0.39 is 0 Å². The van der Waals surface area contributed by atoms with E-state index in [0.29, 0.717) is 21.5 Å². The predicted molar refractivity (Wildman–Crippen MR) is 118 cm³/mol. The molecule has 0 bridgehead atoms. The fourth-order valence-electron chi connectivity index (χ4n) is 2.83. The molecule has 0 aliphatic carbocycles. The molecule has 0 aliphatic heterocycles. The van der Waals surface area contributed by atoms with Gasteiger partial charge in [0.05, 0.1) is 17.6 Å². The average molecular weight is 443 g/mol. The molecule has 148 valence electrons. The van der Waals surface area contributed by atoms with E-state index in [1.54, 1.807) is 36.0 Å². The summed E-state index contributed by atoms with van der Waals surface area (Å²) >= 11 is 8.86. The van der Waals surface area contributed by atoms with Crippen molar-refractivity contribution in [3.05, 3.63) is 70.2 Å². The van der Waals surface area contributed by atoms with Crippen LogP contribution in [-0.4, -0.2) is 16.1 Å². The Morgan fingerprint density at radius 3 is 2.48 bits per heavy atom. The van der Waals surface area contributed by atoms with Gasteiger partial charge in [0.15, 0.2) is 4.34 Å². The maximum absolute atomic E-state index is 12.9. The second-order valence-corrected chi connectivity index (χ2v) is 9.37. The number of rotatable bonds is 7. The van der Waals surface area contributed by atoms with E-state index in [2.05, 4.69) is 21.6 Å². The minimum Gasteiger partial charge on any atom is -0.300 e. The highest BCUT2D eigenvalue weighted by Crippen LogP contribution is 2.31. The lowest BCUT2D eigenvalue weighted by molar-refractivity contribution is -0.118. The minimum atomic E-state index is -0.300. The van der Waals surface area contributed by atoms with E-state index in [1.807, 2.05) is 38.1 Å². The van der Waals surface area contributed by atoms with Crippen LogP contribution in [0.1, 0.15) is 36.5 Å². The molecule has 0 radical (unpaired) electrons. The van der Waals surface area contributed by atoms with E-state index in [0.717, 1.165) is 15.5 Å². The Morgan fingerprint density at radius 1 is 1.17 bits per heavy atom. The molecular weight excluding hydrogens is 424 g/mol. The third-order valence-corrected chi connectivity index (χ3v) is 6.56. The van der Waals surface area contributed by atoms with Crippen LogP contribution in [0.15, 0.2) is 52.9 Å². The normalized spacial score (nSPS) is 11.8. The summed E-state index contributed by atoms with van der Waals surface area (Å²) < 4.78 is 0.775. The van der Waals surface area contributed by atoms with Crippen LogP contribution in [0.5, 0.6) is 0 Å². The molecule has 2 aromatic carbocycles. The molecule has 3 aromatic rings. The number of anilines is 1. The van der Waals surface area contributed by atoms with Crippen LogP contribution in [0.2, 0.25) is 5.02 Å². The number of nitrogens with one attached hydrogen (secondary N) is 1. The van der Waals surface area contributed by atoms with Crippen LogP contribution in [-0.2, 0) is 10.5 Å². The number of carbonyl (C=O) groups excluding carboxylic acids is 1. The van der Waals surface area contributed by atoms with Crippen molar-refractivity contribution in [1.29, 1.82) is 5.26 Å². The van der Waals surface area contributed by atoms with Crippen LogP contribution >= 0.6 is 34.7 Å². The maximum Gasteiger partial charge on any atom is 0.234 e. The van der Waals surface area contributed by atoms with E-state index in [9.17, 15) is 4.79 Å². The van der Waals surface area contributed by atoms with Crippen LogP contribution in [0.3, 0.4) is 0 Å². The summed E-state index contributed by atoms with van der Waals surface area (Å²) in [5, 5.41) is 21.1. The molecule has 1 aromatic heterocycles. The summed E-state index contributed by atoms with van der Waals surface area (Å²) in [4.78, 5) is 12.9. The number of halogens is 1. The Morgan fingerprint density at radius 2 is 1.86 bits per heavy atom. The Bertz CT molecular complexity index is 1010. The summed E-state index contributed by atoms with van der Waals surface area (Å²) in [6, 6.07) is 16.9. The lowest BCUT2D eigenvalue weighted by Crippen LogP contribution is -2.25. The number of carbonyl (C=O) groups is 1. The van der Waals surface area contributed by atoms with Gasteiger partial charge < -0.3 is 0 Å². The second-order valence-electron chi connectivity index (χ2n) is 6.73. The van der Waals surface area contributed by atoms with Crippen molar-refractivity contribution in [3.63, 3.8) is 0 Å². The Kier molecular flexibility index (Phi) is 7.26. The van der Waals surface area contributed by atoms with E-state index in [4.69, 9.17) is 16.9 Å². The van der Waals surface area contributed by atoms with Crippen molar-refractivity contribution in [3.8, 4) is 6.07 Å². The molecule has 1 N–H and O–H groups in total. The summed E-state index contributed by atoms with van der Waals surface area (Å²) in [7, 11) is 0. The quantitative estimate of drug-likeness (QED) is 0.373. The zero-order chi connectivity index (χ0) is 20.8. The molecule has 0 saturated heterocycles. The molecule has 29 heavy (non-hydrogen) atoms.